The van der Waals surface area contributed by atoms with Gasteiger partial charge in [0.15, 0.2) is 0 Å². The van der Waals surface area contributed by atoms with Crippen molar-refractivity contribution in [3.05, 3.63) is 47.5 Å². The van der Waals surface area contributed by atoms with Gasteiger partial charge in [-0.05, 0) is 61.4 Å². The number of sulfone groups is 1. The van der Waals surface area contributed by atoms with Crippen molar-refractivity contribution < 1.29 is 18.6 Å². The zero-order chi connectivity index (χ0) is 14.2. The van der Waals surface area contributed by atoms with Crippen molar-refractivity contribution in [2.45, 2.75) is 23.6 Å². The van der Waals surface area contributed by atoms with Crippen LogP contribution in [0.4, 0.5) is 0 Å². The average Bonchev–Trinajstić information content (AvgIpc) is 2.26. The molecule has 2 rings (SSSR count). The number of phenols is 2. The number of benzene rings is 2. The van der Waals surface area contributed by atoms with Crippen molar-refractivity contribution in [1.29, 1.82) is 0 Å². The smallest absolute Gasteiger partial charge is 0.206 e. The molecular weight excluding hydrogens is 264 g/mol. The number of hydrogen-bond donors (Lipinski definition) is 2. The van der Waals surface area contributed by atoms with Gasteiger partial charge in [0.1, 0.15) is 11.5 Å². The molecule has 0 aliphatic heterocycles. The molecule has 0 aliphatic carbocycles. The van der Waals surface area contributed by atoms with Crippen LogP contribution in [0.25, 0.3) is 0 Å². The highest BCUT2D eigenvalue weighted by molar-refractivity contribution is 7.91. The molecule has 2 aromatic rings. The van der Waals surface area contributed by atoms with E-state index in [-0.39, 0.29) is 21.3 Å². The lowest BCUT2D eigenvalue weighted by atomic mass is 10.2. The Kier molecular flexibility index (Phi) is 3.24. The van der Waals surface area contributed by atoms with Crippen LogP contribution in [0.5, 0.6) is 11.5 Å². The van der Waals surface area contributed by atoms with E-state index in [4.69, 9.17) is 0 Å². The van der Waals surface area contributed by atoms with Crippen LogP contribution in [0.15, 0.2) is 46.2 Å². The Bertz CT molecular complexity index is 635. The summed E-state index contributed by atoms with van der Waals surface area (Å²) in [5.41, 5.74) is 1.30. The number of hydrogen-bond acceptors (Lipinski definition) is 4. The summed E-state index contributed by atoms with van der Waals surface area (Å²) in [4.78, 5) is 0.0185. The molecule has 0 saturated carbocycles. The molecule has 0 heterocycles. The summed E-state index contributed by atoms with van der Waals surface area (Å²) < 4.78 is 24.8. The van der Waals surface area contributed by atoms with Gasteiger partial charge in [0.2, 0.25) is 9.84 Å². The molecular formula is C14H14O4S. The summed E-state index contributed by atoms with van der Waals surface area (Å²) in [6, 6.07) is 8.31. The van der Waals surface area contributed by atoms with Gasteiger partial charge in [-0.2, -0.15) is 0 Å². The molecule has 0 atom stereocenters. The Labute approximate surface area is 111 Å². The quantitative estimate of drug-likeness (QED) is 0.885. The molecule has 0 fully saturated rings. The van der Waals surface area contributed by atoms with E-state index in [9.17, 15) is 18.6 Å². The second-order valence-electron chi connectivity index (χ2n) is 4.51. The van der Waals surface area contributed by atoms with Gasteiger partial charge in [-0.3, -0.25) is 0 Å². The van der Waals surface area contributed by atoms with E-state index in [1.54, 1.807) is 13.8 Å². The Hall–Kier alpha value is -2.01. The zero-order valence-corrected chi connectivity index (χ0v) is 11.4. The maximum absolute atomic E-state index is 12.4. The number of aryl methyl sites for hydroxylation is 2. The predicted molar refractivity (Wildman–Crippen MR) is 71.1 cm³/mol. The lowest BCUT2D eigenvalue weighted by molar-refractivity contribution is 0.472. The van der Waals surface area contributed by atoms with Gasteiger partial charge in [-0.1, -0.05) is 0 Å². The van der Waals surface area contributed by atoms with E-state index < -0.39 is 9.84 Å². The summed E-state index contributed by atoms with van der Waals surface area (Å²) in [6.45, 7) is 3.40. The van der Waals surface area contributed by atoms with Crippen LogP contribution in [-0.2, 0) is 9.84 Å². The third-order valence-electron chi connectivity index (χ3n) is 2.69. The summed E-state index contributed by atoms with van der Waals surface area (Å²) in [7, 11) is -3.75. The van der Waals surface area contributed by atoms with E-state index >= 15 is 0 Å². The molecule has 5 heteroatoms. The Morgan fingerprint density at radius 1 is 0.737 bits per heavy atom. The molecule has 19 heavy (non-hydrogen) atoms. The number of phenolic OH excluding ortho intramolecular Hbond substituents is 2. The minimum atomic E-state index is -3.75. The molecule has 2 N–H and O–H groups in total. The fourth-order valence-corrected chi connectivity index (χ4v) is 3.41. The SMILES string of the molecule is Cc1cc(O)cc(S(=O)(=O)c2cc(C)cc(O)c2)c1. The first-order valence-electron chi connectivity index (χ1n) is 5.65. The molecule has 0 unspecified atom stereocenters. The van der Waals surface area contributed by atoms with E-state index in [1.165, 1.54) is 36.4 Å². The summed E-state index contributed by atoms with van der Waals surface area (Å²) in [5.74, 6) is -0.203. The van der Waals surface area contributed by atoms with Gasteiger partial charge in [0.25, 0.3) is 0 Å². The van der Waals surface area contributed by atoms with Gasteiger partial charge in [0, 0.05) is 0 Å². The maximum Gasteiger partial charge on any atom is 0.206 e. The molecule has 2 aromatic carbocycles. The Balaban J connectivity index is 2.65. The highest BCUT2D eigenvalue weighted by atomic mass is 32.2. The lowest BCUT2D eigenvalue weighted by Crippen LogP contribution is -2.02. The van der Waals surface area contributed by atoms with Gasteiger partial charge in [-0.25, -0.2) is 8.42 Å². The van der Waals surface area contributed by atoms with Crippen LogP contribution in [0.2, 0.25) is 0 Å². The minimum absolute atomic E-state index is 0.00926. The normalized spacial score (nSPS) is 11.5. The summed E-state index contributed by atoms with van der Waals surface area (Å²) >= 11 is 0. The highest BCUT2D eigenvalue weighted by Crippen LogP contribution is 2.28. The maximum atomic E-state index is 12.4. The number of aromatic hydroxyl groups is 2. The second kappa shape index (κ2) is 4.59. The van der Waals surface area contributed by atoms with Crippen LogP contribution in [0.1, 0.15) is 11.1 Å². The molecule has 0 amide bonds. The zero-order valence-electron chi connectivity index (χ0n) is 10.6. The molecule has 0 bridgehead atoms. The first kappa shape index (κ1) is 13.4. The molecule has 4 nitrogen and oxygen atoms in total. The molecule has 0 aromatic heterocycles. The van der Waals surface area contributed by atoms with Crippen molar-refractivity contribution in [2.24, 2.45) is 0 Å². The van der Waals surface area contributed by atoms with Crippen LogP contribution >= 0.6 is 0 Å². The molecule has 0 aliphatic rings. The minimum Gasteiger partial charge on any atom is -0.508 e. The van der Waals surface area contributed by atoms with E-state index in [2.05, 4.69) is 0 Å². The fraction of sp³-hybridized carbons (Fsp3) is 0.143. The standard InChI is InChI=1S/C14H14O4S/c1-9-3-11(15)7-13(5-9)19(17,18)14-6-10(2)4-12(16)8-14/h3-8,15-16H,1-2H3. The summed E-state index contributed by atoms with van der Waals surface area (Å²) in [5, 5.41) is 19.0. The first-order chi connectivity index (χ1) is 8.79. The van der Waals surface area contributed by atoms with E-state index in [1.807, 2.05) is 0 Å². The lowest BCUT2D eigenvalue weighted by Gasteiger charge is -2.08. The molecule has 0 saturated heterocycles. The molecule has 100 valence electrons. The predicted octanol–water partition coefficient (Wildman–Crippen LogP) is 2.55. The Morgan fingerprint density at radius 2 is 1.11 bits per heavy atom. The number of rotatable bonds is 2. The van der Waals surface area contributed by atoms with Crippen LogP contribution in [0.3, 0.4) is 0 Å². The van der Waals surface area contributed by atoms with Crippen molar-refractivity contribution in [2.75, 3.05) is 0 Å². The van der Waals surface area contributed by atoms with Crippen molar-refractivity contribution in [3.63, 3.8) is 0 Å². The van der Waals surface area contributed by atoms with Crippen LogP contribution in [0, 0.1) is 13.8 Å². The van der Waals surface area contributed by atoms with E-state index in [0.29, 0.717) is 11.1 Å². The van der Waals surface area contributed by atoms with E-state index in [0.717, 1.165) is 0 Å². The topological polar surface area (TPSA) is 74.6 Å². The first-order valence-corrected chi connectivity index (χ1v) is 7.14. The van der Waals surface area contributed by atoms with Crippen molar-refractivity contribution in [3.8, 4) is 11.5 Å². The fourth-order valence-electron chi connectivity index (χ4n) is 1.90. The third-order valence-corrected chi connectivity index (χ3v) is 4.40. The van der Waals surface area contributed by atoms with Crippen molar-refractivity contribution >= 4 is 9.84 Å². The largest absolute Gasteiger partial charge is 0.508 e. The average molecular weight is 278 g/mol. The molecule has 0 spiro atoms. The van der Waals surface area contributed by atoms with Gasteiger partial charge in [0.05, 0.1) is 9.79 Å². The van der Waals surface area contributed by atoms with Gasteiger partial charge < -0.3 is 10.2 Å². The second-order valence-corrected chi connectivity index (χ2v) is 6.46. The van der Waals surface area contributed by atoms with Crippen LogP contribution < -0.4 is 0 Å². The van der Waals surface area contributed by atoms with Crippen molar-refractivity contribution in [1.82, 2.24) is 0 Å². The Morgan fingerprint density at radius 3 is 1.42 bits per heavy atom. The third kappa shape index (κ3) is 2.71. The van der Waals surface area contributed by atoms with Gasteiger partial charge in [-0.15, -0.1) is 0 Å². The van der Waals surface area contributed by atoms with Crippen LogP contribution in [-0.4, -0.2) is 18.6 Å². The van der Waals surface area contributed by atoms with Gasteiger partial charge >= 0.3 is 0 Å². The molecule has 0 radical (unpaired) electrons. The monoisotopic (exact) mass is 278 g/mol. The summed E-state index contributed by atoms with van der Waals surface area (Å²) in [6.07, 6.45) is 0. The highest BCUT2D eigenvalue weighted by Gasteiger charge is 2.19.